The SMILES string of the molecule is C[C@@H](CNC(=O)COc1ccc(Cl)cc1Cl)CN(C)C. The van der Waals surface area contributed by atoms with Crippen LogP contribution >= 0.6 is 23.2 Å². The summed E-state index contributed by atoms with van der Waals surface area (Å²) in [6, 6.07) is 4.89. The number of halogens is 2. The van der Waals surface area contributed by atoms with Crippen molar-refractivity contribution in [1.29, 1.82) is 0 Å². The molecule has 0 aliphatic carbocycles. The Morgan fingerprint density at radius 2 is 2.10 bits per heavy atom. The topological polar surface area (TPSA) is 41.6 Å². The number of carbonyl (C=O) groups excluding carboxylic acids is 1. The van der Waals surface area contributed by atoms with Crippen LogP contribution in [0.5, 0.6) is 5.75 Å². The van der Waals surface area contributed by atoms with Crippen LogP contribution in [-0.4, -0.2) is 44.6 Å². The van der Waals surface area contributed by atoms with Gasteiger partial charge < -0.3 is 15.0 Å². The summed E-state index contributed by atoms with van der Waals surface area (Å²) in [6.45, 7) is 3.56. The van der Waals surface area contributed by atoms with Crippen molar-refractivity contribution < 1.29 is 9.53 Å². The van der Waals surface area contributed by atoms with Gasteiger partial charge in [-0.25, -0.2) is 0 Å². The number of rotatable bonds is 7. The third-order valence-electron chi connectivity index (χ3n) is 2.58. The van der Waals surface area contributed by atoms with E-state index in [1.165, 1.54) is 0 Å². The molecule has 1 amide bonds. The summed E-state index contributed by atoms with van der Waals surface area (Å²) in [5.74, 6) is 0.669. The van der Waals surface area contributed by atoms with E-state index in [9.17, 15) is 4.79 Å². The second-order valence-corrected chi connectivity index (χ2v) is 5.88. The molecule has 1 N–H and O–H groups in total. The van der Waals surface area contributed by atoms with Crippen molar-refractivity contribution in [2.24, 2.45) is 5.92 Å². The summed E-state index contributed by atoms with van der Waals surface area (Å²) in [6.07, 6.45) is 0. The van der Waals surface area contributed by atoms with E-state index < -0.39 is 0 Å². The Bertz CT molecular complexity index is 453. The number of ether oxygens (including phenoxy) is 1. The first-order valence-corrected chi connectivity index (χ1v) is 7.13. The lowest BCUT2D eigenvalue weighted by Crippen LogP contribution is -2.35. The van der Waals surface area contributed by atoms with E-state index in [0.717, 1.165) is 6.54 Å². The Labute approximate surface area is 130 Å². The molecule has 4 nitrogen and oxygen atoms in total. The van der Waals surface area contributed by atoms with Gasteiger partial charge in [-0.15, -0.1) is 0 Å². The molecule has 0 spiro atoms. The van der Waals surface area contributed by atoms with Crippen molar-refractivity contribution in [3.8, 4) is 5.75 Å². The number of carbonyl (C=O) groups is 1. The van der Waals surface area contributed by atoms with Gasteiger partial charge >= 0.3 is 0 Å². The molecule has 0 bridgehead atoms. The molecule has 1 rings (SSSR count). The highest BCUT2D eigenvalue weighted by atomic mass is 35.5. The number of hydrogen-bond donors (Lipinski definition) is 1. The molecule has 6 heteroatoms. The highest BCUT2D eigenvalue weighted by molar-refractivity contribution is 6.35. The molecular formula is C14H20Cl2N2O2. The predicted molar refractivity (Wildman–Crippen MR) is 82.7 cm³/mol. The lowest BCUT2D eigenvalue weighted by molar-refractivity contribution is -0.123. The summed E-state index contributed by atoms with van der Waals surface area (Å²) >= 11 is 11.7. The molecule has 0 saturated carbocycles. The first kappa shape index (κ1) is 17.1. The van der Waals surface area contributed by atoms with Gasteiger partial charge in [0, 0.05) is 18.1 Å². The van der Waals surface area contributed by atoms with Crippen LogP contribution in [0.25, 0.3) is 0 Å². The highest BCUT2D eigenvalue weighted by Gasteiger charge is 2.09. The van der Waals surface area contributed by atoms with Gasteiger partial charge in [-0.3, -0.25) is 4.79 Å². The molecule has 0 aliphatic rings. The van der Waals surface area contributed by atoms with E-state index in [-0.39, 0.29) is 12.5 Å². The van der Waals surface area contributed by atoms with E-state index in [0.29, 0.717) is 28.3 Å². The molecule has 0 aliphatic heterocycles. The van der Waals surface area contributed by atoms with Gasteiger partial charge in [0.05, 0.1) is 5.02 Å². The third kappa shape index (κ3) is 6.46. The Balaban J connectivity index is 2.33. The van der Waals surface area contributed by atoms with E-state index >= 15 is 0 Å². The number of amides is 1. The van der Waals surface area contributed by atoms with Crippen molar-refractivity contribution in [1.82, 2.24) is 10.2 Å². The van der Waals surface area contributed by atoms with Crippen molar-refractivity contribution in [2.45, 2.75) is 6.92 Å². The lowest BCUT2D eigenvalue weighted by Gasteiger charge is -2.17. The van der Waals surface area contributed by atoms with Crippen molar-refractivity contribution >= 4 is 29.1 Å². The van der Waals surface area contributed by atoms with Crippen LogP contribution in [0.3, 0.4) is 0 Å². The fourth-order valence-electron chi connectivity index (χ4n) is 1.76. The second-order valence-electron chi connectivity index (χ2n) is 5.03. The zero-order valence-corrected chi connectivity index (χ0v) is 13.5. The van der Waals surface area contributed by atoms with Crippen LogP contribution in [0.1, 0.15) is 6.92 Å². The molecule has 20 heavy (non-hydrogen) atoms. The van der Waals surface area contributed by atoms with Gasteiger partial charge in [0.25, 0.3) is 5.91 Å². The Hall–Kier alpha value is -0.970. The Kier molecular flexibility index (Phi) is 7.13. The van der Waals surface area contributed by atoms with E-state index in [2.05, 4.69) is 17.1 Å². The van der Waals surface area contributed by atoms with Crippen LogP contribution in [0.4, 0.5) is 0 Å². The number of benzene rings is 1. The fraction of sp³-hybridized carbons (Fsp3) is 0.500. The third-order valence-corrected chi connectivity index (χ3v) is 3.11. The normalized spacial score (nSPS) is 12.3. The highest BCUT2D eigenvalue weighted by Crippen LogP contribution is 2.27. The van der Waals surface area contributed by atoms with E-state index in [1.54, 1.807) is 18.2 Å². The van der Waals surface area contributed by atoms with Crippen LogP contribution in [-0.2, 0) is 4.79 Å². The number of hydrogen-bond acceptors (Lipinski definition) is 3. The molecule has 0 heterocycles. The average Bonchev–Trinajstić information content (AvgIpc) is 2.34. The van der Waals surface area contributed by atoms with Crippen LogP contribution in [0.15, 0.2) is 18.2 Å². The van der Waals surface area contributed by atoms with Crippen LogP contribution in [0.2, 0.25) is 10.0 Å². The Morgan fingerprint density at radius 1 is 1.40 bits per heavy atom. The molecule has 0 aromatic heterocycles. The lowest BCUT2D eigenvalue weighted by atomic mass is 10.2. The van der Waals surface area contributed by atoms with Crippen molar-refractivity contribution in [3.63, 3.8) is 0 Å². The predicted octanol–water partition coefficient (Wildman–Crippen LogP) is 2.69. The quantitative estimate of drug-likeness (QED) is 0.840. The van der Waals surface area contributed by atoms with Crippen LogP contribution < -0.4 is 10.1 Å². The van der Waals surface area contributed by atoms with Gasteiger partial charge in [0.2, 0.25) is 0 Å². The molecule has 0 radical (unpaired) electrons. The minimum absolute atomic E-state index is 0.0595. The van der Waals surface area contributed by atoms with E-state index in [4.69, 9.17) is 27.9 Å². The second kappa shape index (κ2) is 8.35. The first-order chi connectivity index (χ1) is 9.38. The maximum atomic E-state index is 11.7. The zero-order chi connectivity index (χ0) is 15.1. The van der Waals surface area contributed by atoms with Gasteiger partial charge in [-0.2, -0.15) is 0 Å². The molecule has 1 atom stereocenters. The summed E-state index contributed by atoms with van der Waals surface area (Å²) in [7, 11) is 4.01. The van der Waals surface area contributed by atoms with E-state index in [1.807, 2.05) is 14.1 Å². The standard InChI is InChI=1S/C14H20Cl2N2O2/c1-10(8-18(2)3)7-17-14(19)9-20-13-5-4-11(15)6-12(13)16/h4-6,10H,7-9H2,1-3H3,(H,17,19)/t10-/m0/s1. The zero-order valence-electron chi connectivity index (χ0n) is 12.0. The van der Waals surface area contributed by atoms with Crippen molar-refractivity contribution in [2.75, 3.05) is 33.8 Å². The molecule has 1 aromatic carbocycles. The molecule has 0 unspecified atom stereocenters. The number of nitrogens with one attached hydrogen (secondary N) is 1. The van der Waals surface area contributed by atoms with Gasteiger partial charge in [0.1, 0.15) is 5.75 Å². The summed E-state index contributed by atoms with van der Waals surface area (Å²) in [4.78, 5) is 13.8. The summed E-state index contributed by atoms with van der Waals surface area (Å²) < 4.78 is 5.35. The van der Waals surface area contributed by atoms with Crippen LogP contribution in [0, 0.1) is 5.92 Å². The minimum Gasteiger partial charge on any atom is -0.482 e. The van der Waals surface area contributed by atoms with Gasteiger partial charge in [-0.05, 0) is 38.2 Å². The fourth-order valence-corrected chi connectivity index (χ4v) is 2.23. The summed E-state index contributed by atoms with van der Waals surface area (Å²) in [5, 5.41) is 3.76. The summed E-state index contributed by atoms with van der Waals surface area (Å²) in [5.41, 5.74) is 0. The molecule has 0 fully saturated rings. The smallest absolute Gasteiger partial charge is 0.257 e. The monoisotopic (exact) mass is 318 g/mol. The van der Waals surface area contributed by atoms with Gasteiger partial charge in [0.15, 0.2) is 6.61 Å². The molecule has 1 aromatic rings. The van der Waals surface area contributed by atoms with Gasteiger partial charge in [-0.1, -0.05) is 30.1 Å². The maximum absolute atomic E-state index is 11.7. The molecule has 112 valence electrons. The number of nitrogens with zero attached hydrogens (tertiary/aromatic N) is 1. The van der Waals surface area contributed by atoms with Crippen molar-refractivity contribution in [3.05, 3.63) is 28.2 Å². The maximum Gasteiger partial charge on any atom is 0.257 e. The Morgan fingerprint density at radius 3 is 2.70 bits per heavy atom. The molecular weight excluding hydrogens is 299 g/mol. The largest absolute Gasteiger partial charge is 0.482 e. The minimum atomic E-state index is -0.165. The molecule has 0 saturated heterocycles. The average molecular weight is 319 g/mol. The first-order valence-electron chi connectivity index (χ1n) is 6.37.